The highest BCUT2D eigenvalue weighted by molar-refractivity contribution is 5.96. The number of carbonyl (C=O) groups excluding carboxylic acids is 3. The number of nitrogens with one attached hydrogen (secondary N) is 2. The van der Waals surface area contributed by atoms with Gasteiger partial charge in [-0.2, -0.15) is 0 Å². The second-order valence-electron chi connectivity index (χ2n) is 4.49. The molecule has 1 rings (SSSR count). The Morgan fingerprint density at radius 3 is 2.80 bits per heavy atom. The van der Waals surface area contributed by atoms with E-state index in [9.17, 15) is 19.5 Å². The maximum atomic E-state index is 11.4. The number of rotatable bonds is 6. The van der Waals surface area contributed by atoms with E-state index >= 15 is 0 Å². The highest BCUT2D eigenvalue weighted by atomic mass is 16.6. The predicted octanol–water partition coefficient (Wildman–Crippen LogP) is -0.479. The van der Waals surface area contributed by atoms with Gasteiger partial charge in [-0.25, -0.2) is 9.59 Å². The van der Waals surface area contributed by atoms with Gasteiger partial charge in [0, 0.05) is 26.2 Å². The van der Waals surface area contributed by atoms with Crippen molar-refractivity contribution >= 4 is 17.9 Å². The Morgan fingerprint density at radius 1 is 1.55 bits per heavy atom. The van der Waals surface area contributed by atoms with Gasteiger partial charge in [0.2, 0.25) is 11.7 Å². The van der Waals surface area contributed by atoms with Crippen LogP contribution in [0.2, 0.25) is 0 Å². The maximum Gasteiger partial charge on any atom is 0.373 e. The molecule has 8 nitrogen and oxygen atoms in total. The van der Waals surface area contributed by atoms with E-state index in [4.69, 9.17) is 4.74 Å². The minimum atomic E-state index is -0.950. The SMILES string of the molecule is CC(C)OC(=O)/C(O)=C/C(=O)NCCN1CCNC1=O. The smallest absolute Gasteiger partial charge is 0.373 e. The number of hydrogen-bond donors (Lipinski definition) is 3. The van der Waals surface area contributed by atoms with E-state index in [-0.39, 0.29) is 18.7 Å². The summed E-state index contributed by atoms with van der Waals surface area (Å²) in [5, 5.41) is 14.4. The first-order chi connectivity index (χ1) is 9.40. The van der Waals surface area contributed by atoms with E-state index in [0.29, 0.717) is 19.6 Å². The number of esters is 1. The van der Waals surface area contributed by atoms with Crippen LogP contribution in [0.1, 0.15) is 13.8 Å². The lowest BCUT2D eigenvalue weighted by Gasteiger charge is -2.13. The molecular weight excluding hydrogens is 266 g/mol. The summed E-state index contributed by atoms with van der Waals surface area (Å²) < 4.78 is 4.71. The third-order valence-corrected chi connectivity index (χ3v) is 2.45. The summed E-state index contributed by atoms with van der Waals surface area (Å²) in [5.74, 6) is -2.33. The van der Waals surface area contributed by atoms with Crippen molar-refractivity contribution in [3.05, 3.63) is 11.8 Å². The second-order valence-corrected chi connectivity index (χ2v) is 4.49. The zero-order valence-corrected chi connectivity index (χ0v) is 11.5. The maximum absolute atomic E-state index is 11.4. The highest BCUT2D eigenvalue weighted by Crippen LogP contribution is 1.98. The number of aliphatic hydroxyl groups is 1. The normalized spacial score (nSPS) is 15.2. The summed E-state index contributed by atoms with van der Waals surface area (Å²) >= 11 is 0. The van der Waals surface area contributed by atoms with Crippen molar-refractivity contribution in [1.82, 2.24) is 15.5 Å². The molecule has 112 valence electrons. The lowest BCUT2D eigenvalue weighted by Crippen LogP contribution is -2.36. The molecule has 0 aromatic heterocycles. The molecule has 0 radical (unpaired) electrons. The molecule has 0 atom stereocenters. The first-order valence-corrected chi connectivity index (χ1v) is 6.32. The van der Waals surface area contributed by atoms with Gasteiger partial charge in [0.15, 0.2) is 0 Å². The van der Waals surface area contributed by atoms with Crippen LogP contribution in [0.4, 0.5) is 4.79 Å². The van der Waals surface area contributed by atoms with Gasteiger partial charge >= 0.3 is 12.0 Å². The van der Waals surface area contributed by atoms with E-state index in [2.05, 4.69) is 10.6 Å². The lowest BCUT2D eigenvalue weighted by atomic mass is 10.4. The van der Waals surface area contributed by atoms with Crippen molar-refractivity contribution in [2.75, 3.05) is 26.2 Å². The largest absolute Gasteiger partial charge is 0.502 e. The Hall–Kier alpha value is -2.25. The monoisotopic (exact) mass is 285 g/mol. The number of urea groups is 1. The second kappa shape index (κ2) is 7.37. The van der Waals surface area contributed by atoms with Crippen LogP contribution in [0.15, 0.2) is 11.8 Å². The van der Waals surface area contributed by atoms with E-state index < -0.39 is 17.6 Å². The van der Waals surface area contributed by atoms with Crippen LogP contribution < -0.4 is 10.6 Å². The number of hydrogen-bond acceptors (Lipinski definition) is 5. The van der Waals surface area contributed by atoms with Crippen LogP contribution >= 0.6 is 0 Å². The molecule has 1 aliphatic heterocycles. The van der Waals surface area contributed by atoms with Gasteiger partial charge in [0.1, 0.15) is 0 Å². The van der Waals surface area contributed by atoms with Crippen LogP contribution in [0.3, 0.4) is 0 Å². The van der Waals surface area contributed by atoms with Crippen LogP contribution in [0, 0.1) is 0 Å². The van der Waals surface area contributed by atoms with Gasteiger partial charge in [-0.05, 0) is 13.8 Å². The molecule has 1 aliphatic rings. The minimum Gasteiger partial charge on any atom is -0.502 e. The summed E-state index contributed by atoms with van der Waals surface area (Å²) in [4.78, 5) is 35.4. The van der Waals surface area contributed by atoms with E-state index in [1.165, 1.54) is 0 Å². The molecule has 3 amide bonds. The van der Waals surface area contributed by atoms with Gasteiger partial charge in [-0.15, -0.1) is 0 Å². The van der Waals surface area contributed by atoms with E-state index in [1.54, 1.807) is 18.7 Å². The average molecular weight is 285 g/mol. The van der Waals surface area contributed by atoms with Crippen molar-refractivity contribution in [3.8, 4) is 0 Å². The topological polar surface area (TPSA) is 108 Å². The Labute approximate surface area is 116 Å². The molecule has 20 heavy (non-hydrogen) atoms. The summed E-state index contributed by atoms with van der Waals surface area (Å²) in [6, 6.07) is -0.168. The van der Waals surface area contributed by atoms with Gasteiger partial charge in [-0.1, -0.05) is 0 Å². The fraction of sp³-hybridized carbons (Fsp3) is 0.583. The lowest BCUT2D eigenvalue weighted by molar-refractivity contribution is -0.146. The van der Waals surface area contributed by atoms with Crippen LogP contribution in [0.25, 0.3) is 0 Å². The van der Waals surface area contributed by atoms with Gasteiger partial charge in [-0.3, -0.25) is 4.79 Å². The summed E-state index contributed by atoms with van der Waals surface area (Å²) in [6.07, 6.45) is 0.379. The molecule has 1 heterocycles. The standard InChI is InChI=1S/C12H19N3O5/c1-8(2)20-11(18)9(16)7-10(17)13-3-5-15-6-4-14-12(15)19/h7-8,16H,3-6H2,1-2H3,(H,13,17)(H,14,19)/b9-7-. The first kappa shape index (κ1) is 15.8. The number of carbonyl (C=O) groups is 3. The van der Waals surface area contributed by atoms with Crippen molar-refractivity contribution in [2.45, 2.75) is 20.0 Å². The Morgan fingerprint density at radius 2 is 2.25 bits per heavy atom. The number of ether oxygens (including phenoxy) is 1. The molecule has 0 aromatic rings. The molecule has 1 saturated heterocycles. The van der Waals surface area contributed by atoms with Crippen LogP contribution in [-0.2, 0) is 14.3 Å². The van der Waals surface area contributed by atoms with E-state index in [0.717, 1.165) is 6.08 Å². The van der Waals surface area contributed by atoms with Gasteiger partial charge in [0.25, 0.3) is 0 Å². The first-order valence-electron chi connectivity index (χ1n) is 6.32. The number of nitrogens with zero attached hydrogens (tertiary/aromatic N) is 1. The molecule has 0 spiro atoms. The Balaban J connectivity index is 2.31. The number of amides is 3. The van der Waals surface area contributed by atoms with E-state index in [1.807, 2.05) is 0 Å². The molecular formula is C12H19N3O5. The minimum absolute atomic E-state index is 0.168. The summed E-state index contributed by atoms with van der Waals surface area (Å²) in [7, 11) is 0. The van der Waals surface area contributed by atoms with Crippen molar-refractivity contribution in [3.63, 3.8) is 0 Å². The van der Waals surface area contributed by atoms with Gasteiger partial charge < -0.3 is 25.4 Å². The third-order valence-electron chi connectivity index (χ3n) is 2.45. The zero-order valence-electron chi connectivity index (χ0n) is 11.5. The summed E-state index contributed by atoms with van der Waals surface area (Å²) in [5.41, 5.74) is 0. The molecule has 0 saturated carbocycles. The zero-order chi connectivity index (χ0) is 15.1. The quantitative estimate of drug-likeness (QED) is 0.347. The molecule has 0 aliphatic carbocycles. The number of aliphatic hydroxyl groups excluding tert-OH is 1. The Bertz CT molecular complexity index is 419. The van der Waals surface area contributed by atoms with Crippen molar-refractivity contribution < 1.29 is 24.2 Å². The third kappa shape index (κ3) is 5.17. The predicted molar refractivity (Wildman–Crippen MR) is 69.9 cm³/mol. The molecule has 0 bridgehead atoms. The highest BCUT2D eigenvalue weighted by Gasteiger charge is 2.18. The van der Waals surface area contributed by atoms with Crippen LogP contribution in [0.5, 0.6) is 0 Å². The van der Waals surface area contributed by atoms with Crippen molar-refractivity contribution in [1.29, 1.82) is 0 Å². The molecule has 1 fully saturated rings. The van der Waals surface area contributed by atoms with Crippen molar-refractivity contribution in [2.24, 2.45) is 0 Å². The fourth-order valence-electron chi connectivity index (χ4n) is 1.55. The molecule has 8 heteroatoms. The molecule has 3 N–H and O–H groups in total. The van der Waals surface area contributed by atoms with Crippen LogP contribution in [-0.4, -0.2) is 60.2 Å². The Kier molecular flexibility index (Phi) is 5.82. The molecule has 0 unspecified atom stereocenters. The summed E-state index contributed by atoms with van der Waals surface area (Å²) in [6.45, 7) is 5.04. The molecule has 0 aromatic carbocycles. The fourth-order valence-corrected chi connectivity index (χ4v) is 1.55. The van der Waals surface area contributed by atoms with Gasteiger partial charge in [0.05, 0.1) is 12.2 Å². The average Bonchev–Trinajstić information content (AvgIpc) is 2.74.